The molecule has 2 nitrogen and oxygen atoms in total. The molecule has 0 radical (unpaired) electrons. The minimum Gasteiger partial charge on any atom is -0.356 e. The van der Waals surface area contributed by atoms with Crippen LogP contribution in [0.1, 0.15) is 40.0 Å². The molecule has 0 aromatic heterocycles. The van der Waals surface area contributed by atoms with Gasteiger partial charge in [-0.3, -0.25) is 4.79 Å². The summed E-state index contributed by atoms with van der Waals surface area (Å²) < 4.78 is 0.242. The van der Waals surface area contributed by atoms with E-state index in [2.05, 4.69) is 73.9 Å². The largest absolute Gasteiger partial charge is 0.356 e. The van der Waals surface area contributed by atoms with Crippen molar-refractivity contribution in [2.24, 2.45) is 16.2 Å². The summed E-state index contributed by atoms with van der Waals surface area (Å²) in [5, 5.41) is 3.10. The van der Waals surface area contributed by atoms with Gasteiger partial charge >= 0.3 is 0 Å². The van der Waals surface area contributed by atoms with Crippen LogP contribution in [0.2, 0.25) is 0 Å². The lowest BCUT2D eigenvalue weighted by Gasteiger charge is -2.66. The lowest BCUT2D eigenvalue weighted by Crippen LogP contribution is -2.72. The van der Waals surface area contributed by atoms with Crippen molar-refractivity contribution >= 4 is 53.7 Å². The minimum absolute atomic E-state index is 0.00363. The fourth-order valence-electron chi connectivity index (χ4n) is 4.09. The summed E-state index contributed by atoms with van der Waals surface area (Å²) in [6.45, 7) is 7.33. The molecule has 0 heterocycles. The van der Waals surface area contributed by atoms with Crippen LogP contribution in [0.4, 0.5) is 0 Å². The normalized spacial score (nSPS) is 40.7. The van der Waals surface area contributed by atoms with Crippen LogP contribution < -0.4 is 5.32 Å². The molecule has 3 saturated carbocycles. The van der Waals surface area contributed by atoms with Crippen molar-refractivity contribution in [2.45, 2.75) is 48.6 Å². The lowest BCUT2D eigenvalue weighted by molar-refractivity contribution is -0.161. The van der Waals surface area contributed by atoms with Gasteiger partial charge in [0.15, 0.2) is 0 Å². The van der Waals surface area contributed by atoms with E-state index in [0.29, 0.717) is 0 Å². The predicted octanol–water partition coefficient (Wildman–Crippen LogP) is 4.20. The van der Waals surface area contributed by atoms with Crippen molar-refractivity contribution in [3.8, 4) is 0 Å². The van der Waals surface area contributed by atoms with Crippen molar-refractivity contribution < 1.29 is 4.79 Å². The van der Waals surface area contributed by atoms with Gasteiger partial charge in [0.2, 0.25) is 5.91 Å². The van der Waals surface area contributed by atoms with Crippen molar-refractivity contribution in [1.29, 1.82) is 0 Å². The number of rotatable bonds is 4. The van der Waals surface area contributed by atoms with E-state index in [4.69, 9.17) is 0 Å². The van der Waals surface area contributed by atoms with Gasteiger partial charge in [-0.2, -0.15) is 0 Å². The van der Waals surface area contributed by atoms with E-state index >= 15 is 0 Å². The summed E-state index contributed by atoms with van der Waals surface area (Å²) in [6.07, 6.45) is 3.04. The highest BCUT2D eigenvalue weighted by molar-refractivity contribution is 9.24. The van der Waals surface area contributed by atoms with Crippen molar-refractivity contribution in [2.75, 3.05) is 6.54 Å². The Labute approximate surface area is 134 Å². The Hall–Kier alpha value is 0.910. The molecule has 0 saturated heterocycles. The molecule has 3 atom stereocenters. The smallest absolute Gasteiger partial charge is 0.227 e. The average molecular weight is 446 g/mol. The summed E-state index contributed by atoms with van der Waals surface area (Å²) in [7, 11) is 0. The van der Waals surface area contributed by atoms with Crippen LogP contribution in [0.25, 0.3) is 0 Å². The number of amides is 1. The molecular weight excluding hydrogens is 426 g/mol. The first-order valence-corrected chi connectivity index (χ1v) is 9.24. The van der Waals surface area contributed by atoms with E-state index < -0.39 is 0 Å². The first-order valence-electron chi connectivity index (χ1n) is 6.49. The van der Waals surface area contributed by atoms with Crippen LogP contribution in [-0.4, -0.2) is 21.0 Å². The average Bonchev–Trinajstić information content (AvgIpc) is 2.75. The van der Waals surface area contributed by atoms with Gasteiger partial charge < -0.3 is 5.32 Å². The molecule has 0 spiro atoms. The Morgan fingerprint density at radius 3 is 2.39 bits per heavy atom. The van der Waals surface area contributed by atoms with Crippen LogP contribution in [0, 0.1) is 16.2 Å². The number of alkyl halides is 3. The summed E-state index contributed by atoms with van der Waals surface area (Å²) >= 11 is 11.2. The van der Waals surface area contributed by atoms with Crippen molar-refractivity contribution in [1.82, 2.24) is 5.32 Å². The van der Waals surface area contributed by atoms with E-state index in [1.54, 1.807) is 0 Å². The number of hydrogen-bond donors (Lipinski definition) is 1. The van der Waals surface area contributed by atoms with Crippen LogP contribution in [0.5, 0.6) is 0 Å². The quantitative estimate of drug-likeness (QED) is 0.645. The second kappa shape index (κ2) is 4.73. The number of halogens is 3. The molecule has 1 amide bonds. The third-order valence-corrected chi connectivity index (χ3v) is 8.66. The molecule has 3 aliphatic carbocycles. The number of hydrogen-bond acceptors (Lipinski definition) is 1. The molecule has 0 unspecified atom stereocenters. The van der Waals surface area contributed by atoms with Gasteiger partial charge in [-0.05, 0) is 24.7 Å². The molecule has 3 aliphatic rings. The standard InChI is InChI=1S/C13H20Br3NO/c1-4-7-17-10(18)13-6-5-12(8(13)14,9(15)16)11(13,2)3/h8-9H,4-7H2,1-3H3,(H,17,18)/t8-,12-,13-/m0/s1. The highest BCUT2D eigenvalue weighted by Crippen LogP contribution is 2.82. The highest BCUT2D eigenvalue weighted by atomic mass is 79.9. The molecule has 3 rings (SSSR count). The molecule has 0 aliphatic heterocycles. The third kappa shape index (κ3) is 1.47. The Morgan fingerprint density at radius 2 is 2.00 bits per heavy atom. The van der Waals surface area contributed by atoms with Crippen molar-refractivity contribution in [3.05, 3.63) is 0 Å². The molecule has 0 aromatic carbocycles. The zero-order valence-electron chi connectivity index (χ0n) is 11.0. The number of fused-ring (bicyclic) bond motifs is 1. The van der Waals surface area contributed by atoms with Crippen LogP contribution >= 0.6 is 47.8 Å². The monoisotopic (exact) mass is 443 g/mol. The van der Waals surface area contributed by atoms with Gasteiger partial charge in [0.1, 0.15) is 0 Å². The molecule has 0 aromatic rings. The molecule has 1 N–H and O–H groups in total. The van der Waals surface area contributed by atoms with E-state index in [1.165, 1.54) is 0 Å². The third-order valence-electron chi connectivity index (χ3n) is 5.43. The van der Waals surface area contributed by atoms with Gasteiger partial charge in [-0.25, -0.2) is 0 Å². The second-order valence-electron chi connectivity index (χ2n) is 6.06. The number of carbonyl (C=O) groups excluding carboxylic acids is 1. The predicted molar refractivity (Wildman–Crippen MR) is 85.5 cm³/mol. The maximum Gasteiger partial charge on any atom is 0.227 e. The maximum atomic E-state index is 12.6. The Bertz CT molecular complexity index is 371. The molecule has 5 heteroatoms. The maximum absolute atomic E-state index is 12.6. The molecule has 104 valence electrons. The zero-order chi connectivity index (χ0) is 13.8. The fourth-order valence-corrected chi connectivity index (χ4v) is 9.01. The van der Waals surface area contributed by atoms with Gasteiger partial charge in [0.05, 0.1) is 9.15 Å². The molecule has 2 bridgehead atoms. The molecular formula is C13H20Br3NO. The summed E-state index contributed by atoms with van der Waals surface area (Å²) in [5.74, 6) is 0.227. The fraction of sp³-hybridized carbons (Fsp3) is 0.923. The SMILES string of the molecule is CCCNC(=O)[C@]12CC[C@@](C(Br)Br)([C@@H]1Br)C2(C)C. The van der Waals surface area contributed by atoms with Crippen LogP contribution in [-0.2, 0) is 4.79 Å². The summed E-state index contributed by atoms with van der Waals surface area (Å²) in [4.78, 5) is 12.8. The zero-order valence-corrected chi connectivity index (χ0v) is 15.8. The summed E-state index contributed by atoms with van der Waals surface area (Å²) in [5.41, 5.74) is -0.123. The number of nitrogens with one attached hydrogen (secondary N) is 1. The summed E-state index contributed by atoms with van der Waals surface area (Å²) in [6, 6.07) is 0. The Morgan fingerprint density at radius 1 is 1.39 bits per heavy atom. The van der Waals surface area contributed by atoms with Gasteiger partial charge in [-0.1, -0.05) is 68.6 Å². The highest BCUT2D eigenvalue weighted by Gasteiger charge is 2.83. The first kappa shape index (κ1) is 15.3. The van der Waals surface area contributed by atoms with E-state index in [-0.39, 0.29) is 30.7 Å². The van der Waals surface area contributed by atoms with Gasteiger partial charge in [0, 0.05) is 16.8 Å². The molecule has 3 fully saturated rings. The van der Waals surface area contributed by atoms with Crippen molar-refractivity contribution in [3.63, 3.8) is 0 Å². The topological polar surface area (TPSA) is 29.1 Å². The van der Waals surface area contributed by atoms with Gasteiger partial charge in [0.25, 0.3) is 0 Å². The van der Waals surface area contributed by atoms with E-state index in [1.807, 2.05) is 0 Å². The first-order chi connectivity index (χ1) is 8.29. The lowest BCUT2D eigenvalue weighted by atomic mass is 9.43. The minimum atomic E-state index is -0.248. The Kier molecular flexibility index (Phi) is 4.02. The van der Waals surface area contributed by atoms with Crippen LogP contribution in [0.3, 0.4) is 0 Å². The second-order valence-corrected chi connectivity index (χ2v) is 10.0. The molecule has 18 heavy (non-hydrogen) atoms. The van der Waals surface area contributed by atoms with Crippen LogP contribution in [0.15, 0.2) is 0 Å². The van der Waals surface area contributed by atoms with Gasteiger partial charge in [-0.15, -0.1) is 0 Å². The van der Waals surface area contributed by atoms with E-state index in [0.717, 1.165) is 25.8 Å². The van der Waals surface area contributed by atoms with E-state index in [9.17, 15) is 4.79 Å². The number of carbonyl (C=O) groups is 1. The Balaban J connectivity index is 2.30.